The van der Waals surface area contributed by atoms with Gasteiger partial charge in [-0.05, 0) is 44.0 Å². The van der Waals surface area contributed by atoms with Crippen molar-refractivity contribution in [3.63, 3.8) is 0 Å². The Kier molecular flexibility index (Phi) is 6.95. The van der Waals surface area contributed by atoms with E-state index < -0.39 is 27.0 Å². The van der Waals surface area contributed by atoms with Crippen molar-refractivity contribution < 1.29 is 22.0 Å². The minimum absolute atomic E-state index is 0.0790. The van der Waals surface area contributed by atoms with Crippen LogP contribution >= 0.6 is 11.3 Å². The Morgan fingerprint density at radius 2 is 1.87 bits per heavy atom. The molecule has 230 valence electrons. The van der Waals surface area contributed by atoms with Crippen LogP contribution in [0.4, 0.5) is 14.6 Å². The van der Waals surface area contributed by atoms with E-state index in [-0.39, 0.29) is 15.9 Å². The van der Waals surface area contributed by atoms with Crippen LogP contribution in [0, 0.1) is 18.3 Å². The molecule has 1 N–H and O–H groups in total. The molecule has 4 aromatic heterocycles. The number of nitrogens with zero attached hydrogens (tertiary/aromatic N) is 9. The van der Waals surface area contributed by atoms with E-state index in [0.29, 0.717) is 83.7 Å². The van der Waals surface area contributed by atoms with E-state index >= 15 is 0 Å². The first kappa shape index (κ1) is 29.1. The highest BCUT2D eigenvalue weighted by molar-refractivity contribution is 7.89. The summed E-state index contributed by atoms with van der Waals surface area (Å²) in [5, 5.41) is 17.8. The molecule has 1 saturated heterocycles. The van der Waals surface area contributed by atoms with Crippen LogP contribution in [0.25, 0.3) is 27.1 Å². The van der Waals surface area contributed by atoms with Crippen molar-refractivity contribution in [1.82, 2.24) is 39.3 Å². The number of alkyl halides is 2. The highest BCUT2D eigenvalue weighted by Gasteiger charge is 2.47. The van der Waals surface area contributed by atoms with E-state index in [1.54, 1.807) is 29.3 Å². The molecule has 7 rings (SSSR count). The van der Waals surface area contributed by atoms with Gasteiger partial charge in [0, 0.05) is 43.5 Å². The SMILES string of the molecule is Cc1ccc(C(=O)N2CCN(c3ncnc4c3c3ccc(S(=O)(=O)NC5(C#N)CC5)cc3n4-c3nnc(C(F)F)s3)CC2)cn1. The lowest BCUT2D eigenvalue weighted by Crippen LogP contribution is -2.49. The molecule has 0 spiro atoms. The smallest absolute Gasteiger partial charge is 0.291 e. The number of nitrogens with one attached hydrogen (secondary N) is 1. The predicted octanol–water partition coefficient (Wildman–Crippen LogP) is 3.36. The summed E-state index contributed by atoms with van der Waals surface area (Å²) in [4.78, 5) is 30.0. The zero-order valence-electron chi connectivity index (χ0n) is 23.7. The fourth-order valence-corrected chi connectivity index (χ4v) is 7.49. The van der Waals surface area contributed by atoms with Gasteiger partial charge in [-0.3, -0.25) is 14.3 Å². The number of hydrogen-bond donors (Lipinski definition) is 1. The molecule has 0 unspecified atom stereocenters. The van der Waals surface area contributed by atoms with Gasteiger partial charge < -0.3 is 9.80 Å². The standard InChI is InChI=1S/C28H24F2N10O3S2/c1-16-2-3-17(13-32-16)26(41)39-10-8-38(9-11-39)23-21-19-5-4-18(45(42,43)37-28(14-31)6-7-28)12-20(19)40(24(21)34-15-33-23)27-36-35-25(44-27)22(29)30/h2-5,12-13,15,22,37H,6-11H2,1H3. The Balaban J connectivity index is 1.30. The molecule has 1 aliphatic heterocycles. The van der Waals surface area contributed by atoms with Gasteiger partial charge in [0.2, 0.25) is 15.2 Å². The largest absolute Gasteiger partial charge is 0.352 e. The Morgan fingerprint density at radius 3 is 2.51 bits per heavy atom. The number of aryl methyl sites for hydroxylation is 1. The maximum Gasteiger partial charge on any atom is 0.291 e. The zero-order valence-corrected chi connectivity index (χ0v) is 25.3. The number of anilines is 1. The van der Waals surface area contributed by atoms with E-state index in [2.05, 4.69) is 29.9 Å². The maximum absolute atomic E-state index is 13.5. The molecule has 2 fully saturated rings. The summed E-state index contributed by atoms with van der Waals surface area (Å²) in [6.07, 6.45) is 0.887. The number of nitriles is 1. The molecule has 1 aliphatic carbocycles. The van der Waals surface area contributed by atoms with Gasteiger partial charge in [0.25, 0.3) is 12.3 Å². The molecule has 0 atom stereocenters. The average molecular weight is 651 g/mol. The second-order valence-corrected chi connectivity index (χ2v) is 13.6. The summed E-state index contributed by atoms with van der Waals surface area (Å²) in [6.45, 7) is 3.58. The molecule has 45 heavy (non-hydrogen) atoms. The van der Waals surface area contributed by atoms with Gasteiger partial charge in [0.1, 0.15) is 17.7 Å². The summed E-state index contributed by atoms with van der Waals surface area (Å²) in [6, 6.07) is 10.0. The third-order valence-corrected chi connectivity index (χ3v) is 10.4. The fraction of sp³-hybridized carbons (Fsp3) is 0.321. The highest BCUT2D eigenvalue weighted by atomic mass is 32.2. The van der Waals surface area contributed by atoms with Crippen molar-refractivity contribution in [3.05, 3.63) is 59.1 Å². The number of carbonyl (C=O) groups is 1. The molecule has 1 aromatic carbocycles. The number of hydrogen-bond acceptors (Lipinski definition) is 11. The van der Waals surface area contributed by atoms with Gasteiger partial charge in [0.15, 0.2) is 10.7 Å². The average Bonchev–Trinajstić information content (AvgIpc) is 3.48. The van der Waals surface area contributed by atoms with Crippen molar-refractivity contribution in [3.8, 4) is 11.2 Å². The second kappa shape index (κ2) is 10.8. The number of carbonyl (C=O) groups excluding carboxylic acids is 1. The number of piperazine rings is 1. The molecule has 0 radical (unpaired) electrons. The first-order chi connectivity index (χ1) is 21.6. The second-order valence-electron chi connectivity index (χ2n) is 10.9. The van der Waals surface area contributed by atoms with Crippen LogP contribution in [-0.2, 0) is 10.0 Å². The zero-order chi connectivity index (χ0) is 31.5. The summed E-state index contributed by atoms with van der Waals surface area (Å²) < 4.78 is 57.6. The van der Waals surface area contributed by atoms with Gasteiger partial charge >= 0.3 is 0 Å². The molecule has 1 saturated carbocycles. The number of sulfonamides is 1. The van der Waals surface area contributed by atoms with Crippen LogP contribution in [0.15, 0.2) is 47.8 Å². The normalized spacial score (nSPS) is 16.4. The molecule has 13 nitrogen and oxygen atoms in total. The van der Waals surface area contributed by atoms with Crippen LogP contribution < -0.4 is 9.62 Å². The van der Waals surface area contributed by atoms with E-state index in [4.69, 9.17) is 0 Å². The van der Waals surface area contributed by atoms with Crippen molar-refractivity contribution in [1.29, 1.82) is 5.26 Å². The van der Waals surface area contributed by atoms with Crippen molar-refractivity contribution in [2.45, 2.75) is 36.6 Å². The number of amides is 1. The number of pyridine rings is 1. The van der Waals surface area contributed by atoms with Crippen molar-refractivity contribution in [2.24, 2.45) is 0 Å². The van der Waals surface area contributed by atoms with Gasteiger partial charge in [-0.1, -0.05) is 17.4 Å². The minimum Gasteiger partial charge on any atom is -0.352 e. The van der Waals surface area contributed by atoms with Gasteiger partial charge in [-0.15, -0.1) is 10.2 Å². The Labute approximate surface area is 259 Å². The van der Waals surface area contributed by atoms with E-state index in [0.717, 1.165) is 5.69 Å². The number of rotatable bonds is 7. The molecule has 0 bridgehead atoms. The number of benzene rings is 1. The van der Waals surface area contributed by atoms with Gasteiger partial charge in [-0.25, -0.2) is 27.2 Å². The lowest BCUT2D eigenvalue weighted by atomic mass is 10.1. The number of halogens is 2. The topological polar surface area (TPSA) is 163 Å². The number of fused-ring (bicyclic) bond motifs is 3. The monoisotopic (exact) mass is 650 g/mol. The quantitative estimate of drug-likeness (QED) is 0.276. The molecule has 17 heteroatoms. The van der Waals surface area contributed by atoms with E-state index in [1.165, 1.54) is 23.0 Å². The third kappa shape index (κ3) is 5.14. The minimum atomic E-state index is -4.10. The van der Waals surface area contributed by atoms with Crippen LogP contribution in [0.2, 0.25) is 0 Å². The molecular weight excluding hydrogens is 627 g/mol. The summed E-state index contributed by atoms with van der Waals surface area (Å²) >= 11 is 0.668. The summed E-state index contributed by atoms with van der Waals surface area (Å²) in [5.74, 6) is 0.422. The lowest BCUT2D eigenvalue weighted by molar-refractivity contribution is 0.0746. The van der Waals surface area contributed by atoms with E-state index in [9.17, 15) is 27.3 Å². The summed E-state index contributed by atoms with van der Waals surface area (Å²) in [5.41, 5.74) is 0.856. The van der Waals surface area contributed by atoms with Crippen molar-refractivity contribution >= 4 is 55.0 Å². The van der Waals surface area contributed by atoms with Crippen LogP contribution in [-0.4, -0.2) is 80.7 Å². The van der Waals surface area contributed by atoms with Gasteiger partial charge in [-0.2, -0.15) is 9.98 Å². The Hall–Kier alpha value is -4.66. The first-order valence-electron chi connectivity index (χ1n) is 13.9. The first-order valence-corrected chi connectivity index (χ1v) is 16.2. The van der Waals surface area contributed by atoms with E-state index in [1.807, 2.05) is 17.9 Å². The Morgan fingerprint density at radius 1 is 1.09 bits per heavy atom. The lowest BCUT2D eigenvalue weighted by Gasteiger charge is -2.35. The Bertz CT molecular complexity index is 2110. The summed E-state index contributed by atoms with van der Waals surface area (Å²) in [7, 11) is -4.10. The molecule has 5 aromatic rings. The fourth-order valence-electron chi connectivity index (χ4n) is 5.38. The van der Waals surface area contributed by atoms with Gasteiger partial charge in [0.05, 0.1) is 27.4 Å². The molecule has 2 aliphatic rings. The highest BCUT2D eigenvalue weighted by Crippen LogP contribution is 2.40. The van der Waals surface area contributed by atoms with Crippen LogP contribution in [0.1, 0.15) is 40.3 Å². The third-order valence-electron chi connectivity index (χ3n) is 7.94. The molecule has 1 amide bonds. The van der Waals surface area contributed by atoms with Crippen LogP contribution in [0.5, 0.6) is 0 Å². The molecule has 5 heterocycles. The number of aromatic nitrogens is 6. The van der Waals surface area contributed by atoms with Crippen LogP contribution in [0.3, 0.4) is 0 Å². The maximum atomic E-state index is 13.5. The molecular formula is C28H24F2N10O3S2. The predicted molar refractivity (Wildman–Crippen MR) is 160 cm³/mol. The van der Waals surface area contributed by atoms with Crippen molar-refractivity contribution in [2.75, 3.05) is 31.1 Å².